The van der Waals surface area contributed by atoms with Gasteiger partial charge in [-0.2, -0.15) is 0 Å². The minimum Gasteiger partial charge on any atom is -0.484 e. The average molecular weight is 292 g/mol. The van der Waals surface area contributed by atoms with Gasteiger partial charge in [0.1, 0.15) is 5.75 Å². The van der Waals surface area contributed by atoms with Crippen LogP contribution in [-0.4, -0.2) is 44.2 Å². The molecule has 1 heterocycles. The monoisotopic (exact) mass is 292 g/mol. The summed E-state index contributed by atoms with van der Waals surface area (Å²) in [6.45, 7) is 1.09. The smallest absolute Gasteiger partial charge is 0.258 e. The Balaban J connectivity index is 1.56. The molecule has 1 aliphatic rings. The van der Waals surface area contributed by atoms with E-state index in [9.17, 15) is 9.59 Å². The Kier molecular flexibility index (Phi) is 6.02. The number of benzene rings is 1. The first-order chi connectivity index (χ1) is 10.2. The molecule has 0 radical (unpaired) electrons. The molecule has 21 heavy (non-hydrogen) atoms. The molecule has 1 fully saturated rings. The minimum atomic E-state index is -0.328. The number of hydrogen-bond donors (Lipinski definition) is 2. The summed E-state index contributed by atoms with van der Waals surface area (Å²) in [4.78, 5) is 23.1. The highest BCUT2D eigenvalue weighted by atomic mass is 16.5. The minimum absolute atomic E-state index is 0.0519. The average Bonchev–Trinajstić information content (AvgIpc) is 3.03. The van der Waals surface area contributed by atoms with Gasteiger partial charge in [0, 0.05) is 13.2 Å². The lowest BCUT2D eigenvalue weighted by Crippen LogP contribution is -2.41. The van der Waals surface area contributed by atoms with Gasteiger partial charge in [-0.1, -0.05) is 18.2 Å². The molecule has 1 aliphatic heterocycles. The Morgan fingerprint density at radius 2 is 2.00 bits per heavy atom. The summed E-state index contributed by atoms with van der Waals surface area (Å²) in [6.07, 6.45) is 2.11. The van der Waals surface area contributed by atoms with Crippen LogP contribution in [0.2, 0.25) is 0 Å². The first-order valence-electron chi connectivity index (χ1n) is 7.07. The second-order valence-electron chi connectivity index (χ2n) is 4.82. The summed E-state index contributed by atoms with van der Waals surface area (Å²) in [7, 11) is 0. The lowest BCUT2D eigenvalue weighted by atomic mass is 10.2. The summed E-state index contributed by atoms with van der Waals surface area (Å²) in [5, 5.41) is 5.25. The fourth-order valence-electron chi connectivity index (χ4n) is 1.99. The Bertz CT molecular complexity index is 458. The lowest BCUT2D eigenvalue weighted by Gasteiger charge is -2.11. The van der Waals surface area contributed by atoms with Crippen LogP contribution >= 0.6 is 0 Å². The van der Waals surface area contributed by atoms with Gasteiger partial charge in [-0.25, -0.2) is 0 Å². The maximum Gasteiger partial charge on any atom is 0.258 e. The maximum atomic E-state index is 11.6. The summed E-state index contributed by atoms with van der Waals surface area (Å²) >= 11 is 0. The van der Waals surface area contributed by atoms with Gasteiger partial charge in [0.15, 0.2) is 6.61 Å². The van der Waals surface area contributed by atoms with Gasteiger partial charge in [0.2, 0.25) is 5.91 Å². The van der Waals surface area contributed by atoms with Crippen molar-refractivity contribution in [3.05, 3.63) is 30.3 Å². The van der Waals surface area contributed by atoms with Crippen molar-refractivity contribution >= 4 is 11.8 Å². The van der Waals surface area contributed by atoms with Crippen molar-refractivity contribution in [2.24, 2.45) is 0 Å². The van der Waals surface area contributed by atoms with Gasteiger partial charge in [-0.05, 0) is 25.0 Å². The first kappa shape index (κ1) is 15.3. The number of nitrogens with one attached hydrogen (secondary N) is 2. The summed E-state index contributed by atoms with van der Waals surface area (Å²) in [5.74, 6) is 0.0696. The SMILES string of the molecule is O=C(CNC(=O)COc1ccccc1)NCC1CCCO1. The van der Waals surface area contributed by atoms with E-state index in [1.165, 1.54) is 0 Å². The summed E-state index contributed by atoms with van der Waals surface area (Å²) < 4.78 is 10.7. The number of rotatable bonds is 7. The van der Waals surface area contributed by atoms with Crippen molar-refractivity contribution in [2.45, 2.75) is 18.9 Å². The maximum absolute atomic E-state index is 11.6. The number of hydrogen-bond acceptors (Lipinski definition) is 4. The van der Waals surface area contributed by atoms with E-state index in [0.717, 1.165) is 19.4 Å². The van der Waals surface area contributed by atoms with Gasteiger partial charge in [0.25, 0.3) is 5.91 Å². The Hall–Kier alpha value is -2.08. The molecule has 0 saturated carbocycles. The highest BCUT2D eigenvalue weighted by molar-refractivity contribution is 5.85. The van der Waals surface area contributed by atoms with Gasteiger partial charge in [-0.15, -0.1) is 0 Å². The van der Waals surface area contributed by atoms with Crippen molar-refractivity contribution < 1.29 is 19.1 Å². The normalized spacial score (nSPS) is 17.2. The fourth-order valence-corrected chi connectivity index (χ4v) is 1.99. The second-order valence-corrected chi connectivity index (χ2v) is 4.82. The second kappa shape index (κ2) is 8.26. The molecule has 114 valence electrons. The van der Waals surface area contributed by atoms with E-state index in [1.54, 1.807) is 12.1 Å². The Morgan fingerprint density at radius 1 is 1.19 bits per heavy atom. The van der Waals surface area contributed by atoms with Gasteiger partial charge < -0.3 is 20.1 Å². The number of carbonyl (C=O) groups is 2. The van der Waals surface area contributed by atoms with E-state index in [1.807, 2.05) is 18.2 Å². The van der Waals surface area contributed by atoms with Crippen molar-refractivity contribution in [1.29, 1.82) is 0 Å². The van der Waals surface area contributed by atoms with Crippen molar-refractivity contribution in [3.8, 4) is 5.75 Å². The zero-order chi connectivity index (χ0) is 14.9. The standard InChI is InChI=1S/C15H20N2O4/c18-14(16-9-13-7-4-8-20-13)10-17-15(19)11-21-12-5-2-1-3-6-12/h1-3,5-6,13H,4,7-11H2,(H,16,18)(H,17,19). The molecule has 0 spiro atoms. The molecule has 2 N–H and O–H groups in total. The number of ether oxygens (including phenoxy) is 2. The van der Waals surface area contributed by atoms with Crippen LogP contribution in [0.4, 0.5) is 0 Å². The van der Waals surface area contributed by atoms with E-state index in [4.69, 9.17) is 9.47 Å². The molecule has 0 aliphatic carbocycles. The zero-order valence-electron chi connectivity index (χ0n) is 11.8. The first-order valence-corrected chi connectivity index (χ1v) is 7.07. The highest BCUT2D eigenvalue weighted by Crippen LogP contribution is 2.10. The van der Waals surface area contributed by atoms with Crippen LogP contribution < -0.4 is 15.4 Å². The highest BCUT2D eigenvalue weighted by Gasteiger charge is 2.16. The molecule has 1 atom stereocenters. The largest absolute Gasteiger partial charge is 0.484 e. The third kappa shape index (κ3) is 5.83. The van der Waals surface area contributed by atoms with Crippen LogP contribution in [-0.2, 0) is 14.3 Å². The van der Waals surface area contributed by atoms with E-state index < -0.39 is 0 Å². The molecule has 0 aromatic heterocycles. The van der Waals surface area contributed by atoms with Crippen LogP contribution in [0.5, 0.6) is 5.75 Å². The molecule has 2 rings (SSSR count). The van der Waals surface area contributed by atoms with Crippen molar-refractivity contribution in [2.75, 3.05) is 26.3 Å². The zero-order valence-corrected chi connectivity index (χ0v) is 11.8. The van der Waals surface area contributed by atoms with E-state index in [-0.39, 0.29) is 31.1 Å². The fraction of sp³-hybridized carbons (Fsp3) is 0.467. The van der Waals surface area contributed by atoms with Crippen LogP contribution in [0.1, 0.15) is 12.8 Å². The van der Waals surface area contributed by atoms with Gasteiger partial charge >= 0.3 is 0 Å². The van der Waals surface area contributed by atoms with Gasteiger partial charge in [0.05, 0.1) is 12.6 Å². The molecule has 6 heteroatoms. The van der Waals surface area contributed by atoms with Crippen LogP contribution in [0.25, 0.3) is 0 Å². The topological polar surface area (TPSA) is 76.7 Å². The summed E-state index contributed by atoms with van der Waals surface area (Å²) in [6, 6.07) is 9.05. The number of para-hydroxylation sites is 1. The van der Waals surface area contributed by atoms with E-state index in [0.29, 0.717) is 12.3 Å². The molecule has 1 saturated heterocycles. The molecule has 1 aromatic carbocycles. The quantitative estimate of drug-likeness (QED) is 0.766. The Labute approximate surface area is 123 Å². The van der Waals surface area contributed by atoms with Gasteiger partial charge in [-0.3, -0.25) is 9.59 Å². The molecule has 0 bridgehead atoms. The molecular formula is C15H20N2O4. The third-order valence-corrected chi connectivity index (χ3v) is 3.11. The van der Waals surface area contributed by atoms with Crippen LogP contribution in [0.3, 0.4) is 0 Å². The predicted molar refractivity (Wildman–Crippen MR) is 76.9 cm³/mol. The number of amides is 2. The predicted octanol–water partition coefficient (Wildman–Crippen LogP) is 0.477. The number of carbonyl (C=O) groups excluding carboxylic acids is 2. The third-order valence-electron chi connectivity index (χ3n) is 3.11. The molecule has 6 nitrogen and oxygen atoms in total. The summed E-state index contributed by atoms with van der Waals surface area (Å²) in [5.41, 5.74) is 0. The van der Waals surface area contributed by atoms with E-state index in [2.05, 4.69) is 10.6 Å². The molecule has 1 unspecified atom stereocenters. The molecular weight excluding hydrogens is 272 g/mol. The van der Waals surface area contributed by atoms with Crippen molar-refractivity contribution in [1.82, 2.24) is 10.6 Å². The van der Waals surface area contributed by atoms with Crippen LogP contribution in [0.15, 0.2) is 30.3 Å². The Morgan fingerprint density at radius 3 is 2.71 bits per heavy atom. The molecule has 2 amide bonds. The molecule has 1 aromatic rings. The lowest BCUT2D eigenvalue weighted by molar-refractivity contribution is -0.127. The van der Waals surface area contributed by atoms with E-state index >= 15 is 0 Å². The van der Waals surface area contributed by atoms with Crippen LogP contribution in [0, 0.1) is 0 Å². The van der Waals surface area contributed by atoms with Crippen molar-refractivity contribution in [3.63, 3.8) is 0 Å².